The molecular formula is C21H27FN6O2. The minimum absolute atomic E-state index is 0.0895. The van der Waals surface area contributed by atoms with Gasteiger partial charge in [0.2, 0.25) is 5.91 Å². The van der Waals surface area contributed by atoms with Crippen molar-refractivity contribution in [3.8, 4) is 6.01 Å². The van der Waals surface area contributed by atoms with Crippen LogP contribution < -0.4 is 15.4 Å². The molecule has 3 N–H and O–H groups in total. The maximum absolute atomic E-state index is 14.8. The van der Waals surface area contributed by atoms with Crippen LogP contribution in [0.4, 0.5) is 21.7 Å². The summed E-state index contributed by atoms with van der Waals surface area (Å²) in [5.74, 6) is 0.218. The fraction of sp³-hybridized carbons (Fsp3) is 0.429. The fourth-order valence-corrected chi connectivity index (χ4v) is 3.74. The summed E-state index contributed by atoms with van der Waals surface area (Å²) in [5, 5.41) is 13.6. The molecule has 2 aromatic rings. The molecule has 1 saturated heterocycles. The second kappa shape index (κ2) is 9.17. The fourth-order valence-electron chi connectivity index (χ4n) is 3.74. The molecule has 1 amide bonds. The zero-order valence-corrected chi connectivity index (χ0v) is 17.6. The molecule has 1 fully saturated rings. The molecule has 9 heteroatoms. The Balaban J connectivity index is 1.97. The Morgan fingerprint density at radius 3 is 2.70 bits per heavy atom. The van der Waals surface area contributed by atoms with E-state index in [1.54, 1.807) is 6.07 Å². The standard InChI is InChI=1S/C21H27FN6O2/c1-12-7-14(10-23)18(8-16(12)15-5-6-28(3)11-17(15)22)25-20-9-19(24-13(2)29)26-21(27-20)30-4/h7-10,15,17,23H,5-6,11H2,1-4H3,(H2,24,25,26,27,29). The molecule has 30 heavy (non-hydrogen) atoms. The molecular weight excluding hydrogens is 387 g/mol. The Labute approximate surface area is 175 Å². The summed E-state index contributed by atoms with van der Waals surface area (Å²) in [5.41, 5.74) is 3.16. The number of anilines is 3. The van der Waals surface area contributed by atoms with E-state index in [1.807, 2.05) is 31.0 Å². The third-order valence-corrected chi connectivity index (χ3v) is 5.19. The lowest BCUT2D eigenvalue weighted by molar-refractivity contribution is -0.114. The van der Waals surface area contributed by atoms with Gasteiger partial charge in [-0.1, -0.05) is 0 Å². The molecule has 1 aromatic carbocycles. The maximum atomic E-state index is 14.8. The van der Waals surface area contributed by atoms with E-state index >= 15 is 0 Å². The van der Waals surface area contributed by atoms with Gasteiger partial charge in [0.15, 0.2) is 0 Å². The van der Waals surface area contributed by atoms with E-state index in [0.717, 1.165) is 24.1 Å². The molecule has 160 valence electrons. The number of alkyl halides is 1. The molecule has 2 heterocycles. The van der Waals surface area contributed by atoms with Crippen LogP contribution in [0.2, 0.25) is 0 Å². The van der Waals surface area contributed by atoms with Crippen LogP contribution in [0.5, 0.6) is 6.01 Å². The SMILES string of the molecule is COc1nc(NC(C)=O)cc(Nc2cc(C3CCN(C)CC3F)c(C)cc2C=N)n1. The average Bonchev–Trinajstić information content (AvgIpc) is 2.68. The van der Waals surface area contributed by atoms with Crippen molar-refractivity contribution in [3.63, 3.8) is 0 Å². The van der Waals surface area contributed by atoms with E-state index in [4.69, 9.17) is 10.1 Å². The largest absolute Gasteiger partial charge is 0.467 e. The molecule has 0 radical (unpaired) electrons. The Bertz CT molecular complexity index is 951. The number of likely N-dealkylation sites (tertiary alicyclic amines) is 1. The number of benzene rings is 1. The molecule has 1 aliphatic heterocycles. The second-order valence-electron chi connectivity index (χ2n) is 7.55. The number of amides is 1. The average molecular weight is 414 g/mol. The Morgan fingerprint density at radius 1 is 1.33 bits per heavy atom. The first kappa shape index (κ1) is 21.6. The van der Waals surface area contributed by atoms with Gasteiger partial charge in [-0.15, -0.1) is 0 Å². The molecule has 0 spiro atoms. The molecule has 0 aliphatic carbocycles. The van der Waals surface area contributed by atoms with Crippen LogP contribution in [0.15, 0.2) is 18.2 Å². The van der Waals surface area contributed by atoms with Crippen molar-refractivity contribution in [1.29, 1.82) is 5.41 Å². The van der Waals surface area contributed by atoms with Gasteiger partial charge in [0, 0.05) is 42.9 Å². The van der Waals surface area contributed by atoms with Crippen LogP contribution in [0.1, 0.15) is 36.0 Å². The Morgan fingerprint density at radius 2 is 2.07 bits per heavy atom. The van der Waals surface area contributed by atoms with E-state index in [-0.39, 0.29) is 17.8 Å². The third-order valence-electron chi connectivity index (χ3n) is 5.19. The van der Waals surface area contributed by atoms with Gasteiger partial charge in [-0.2, -0.15) is 9.97 Å². The zero-order chi connectivity index (χ0) is 21.8. The van der Waals surface area contributed by atoms with Gasteiger partial charge >= 0.3 is 6.01 Å². The summed E-state index contributed by atoms with van der Waals surface area (Å²) in [6.45, 7) is 4.57. The van der Waals surface area contributed by atoms with Crippen LogP contribution >= 0.6 is 0 Å². The van der Waals surface area contributed by atoms with Crippen LogP contribution in [0, 0.1) is 12.3 Å². The first-order valence-corrected chi connectivity index (χ1v) is 9.76. The number of carbonyl (C=O) groups is 1. The molecule has 1 aromatic heterocycles. The van der Waals surface area contributed by atoms with Gasteiger partial charge < -0.3 is 25.7 Å². The lowest BCUT2D eigenvalue weighted by atomic mass is 9.84. The summed E-state index contributed by atoms with van der Waals surface area (Å²) < 4.78 is 19.9. The molecule has 2 unspecified atom stereocenters. The molecule has 3 rings (SSSR count). The van der Waals surface area contributed by atoms with Crippen LogP contribution in [-0.4, -0.2) is 60.4 Å². The highest BCUT2D eigenvalue weighted by atomic mass is 19.1. The summed E-state index contributed by atoms with van der Waals surface area (Å²) in [6.07, 6.45) is 1.02. The van der Waals surface area contributed by atoms with E-state index in [0.29, 0.717) is 29.4 Å². The van der Waals surface area contributed by atoms with Crippen molar-refractivity contribution in [2.45, 2.75) is 32.4 Å². The van der Waals surface area contributed by atoms with Crippen LogP contribution in [-0.2, 0) is 4.79 Å². The number of aryl methyl sites for hydroxylation is 1. The van der Waals surface area contributed by atoms with Crippen molar-refractivity contribution < 1.29 is 13.9 Å². The van der Waals surface area contributed by atoms with Crippen molar-refractivity contribution in [1.82, 2.24) is 14.9 Å². The predicted molar refractivity (Wildman–Crippen MR) is 115 cm³/mol. The van der Waals surface area contributed by atoms with Crippen LogP contribution in [0.25, 0.3) is 0 Å². The monoisotopic (exact) mass is 414 g/mol. The van der Waals surface area contributed by atoms with Gasteiger partial charge in [-0.05, 0) is 50.2 Å². The van der Waals surface area contributed by atoms with Crippen molar-refractivity contribution in [2.24, 2.45) is 0 Å². The molecule has 0 bridgehead atoms. The number of carbonyl (C=O) groups excluding carboxylic acids is 1. The summed E-state index contributed by atoms with van der Waals surface area (Å²) in [7, 11) is 3.36. The van der Waals surface area contributed by atoms with E-state index < -0.39 is 6.17 Å². The second-order valence-corrected chi connectivity index (χ2v) is 7.55. The van der Waals surface area contributed by atoms with Gasteiger partial charge in [0.25, 0.3) is 0 Å². The molecule has 0 saturated carbocycles. The molecule has 1 aliphatic rings. The number of halogens is 1. The number of piperidine rings is 1. The lowest BCUT2D eigenvalue weighted by Gasteiger charge is -2.33. The number of nitrogens with zero attached hydrogens (tertiary/aromatic N) is 3. The lowest BCUT2D eigenvalue weighted by Crippen LogP contribution is -2.38. The topological polar surface area (TPSA) is 103 Å². The smallest absolute Gasteiger partial charge is 0.320 e. The highest BCUT2D eigenvalue weighted by Crippen LogP contribution is 2.35. The number of methoxy groups -OCH3 is 1. The van der Waals surface area contributed by atoms with Crippen molar-refractivity contribution in [2.75, 3.05) is 37.9 Å². The zero-order valence-electron chi connectivity index (χ0n) is 17.6. The van der Waals surface area contributed by atoms with Gasteiger partial charge in [-0.3, -0.25) is 4.79 Å². The highest BCUT2D eigenvalue weighted by Gasteiger charge is 2.30. The summed E-state index contributed by atoms with van der Waals surface area (Å²) in [6, 6.07) is 5.44. The Hall–Kier alpha value is -3.07. The summed E-state index contributed by atoms with van der Waals surface area (Å²) >= 11 is 0. The number of hydrogen-bond donors (Lipinski definition) is 3. The quantitative estimate of drug-likeness (QED) is 0.627. The van der Waals surface area contributed by atoms with Crippen molar-refractivity contribution in [3.05, 3.63) is 34.9 Å². The minimum atomic E-state index is -0.952. The number of ether oxygens (including phenoxy) is 1. The molecule has 2 atom stereocenters. The first-order chi connectivity index (χ1) is 14.3. The number of nitrogens with one attached hydrogen (secondary N) is 3. The van der Waals surface area contributed by atoms with Crippen molar-refractivity contribution >= 4 is 29.4 Å². The van der Waals surface area contributed by atoms with E-state index in [9.17, 15) is 9.18 Å². The van der Waals surface area contributed by atoms with Gasteiger partial charge in [0.05, 0.1) is 7.11 Å². The number of aromatic nitrogens is 2. The minimum Gasteiger partial charge on any atom is -0.467 e. The predicted octanol–water partition coefficient (Wildman–Crippen LogP) is 3.25. The normalized spacial score (nSPS) is 19.2. The van der Waals surface area contributed by atoms with Gasteiger partial charge in [0.1, 0.15) is 17.8 Å². The maximum Gasteiger partial charge on any atom is 0.320 e. The highest BCUT2D eigenvalue weighted by molar-refractivity contribution is 5.89. The van der Waals surface area contributed by atoms with E-state index in [1.165, 1.54) is 20.2 Å². The third kappa shape index (κ3) is 4.91. The number of hydrogen-bond acceptors (Lipinski definition) is 7. The van der Waals surface area contributed by atoms with Gasteiger partial charge in [-0.25, -0.2) is 4.39 Å². The molecule has 8 nitrogen and oxygen atoms in total. The Kier molecular flexibility index (Phi) is 6.61. The first-order valence-electron chi connectivity index (χ1n) is 9.76. The van der Waals surface area contributed by atoms with Crippen LogP contribution in [0.3, 0.4) is 0 Å². The van der Waals surface area contributed by atoms with E-state index in [2.05, 4.69) is 20.6 Å². The number of rotatable bonds is 6. The summed E-state index contributed by atoms with van der Waals surface area (Å²) in [4.78, 5) is 21.8.